The third-order valence-corrected chi connectivity index (χ3v) is 5.04. The molecule has 0 spiro atoms. The maximum atomic E-state index is 11.0. The Morgan fingerprint density at radius 1 is 1.12 bits per heavy atom. The van der Waals surface area contributed by atoms with Gasteiger partial charge < -0.3 is 9.84 Å². The highest BCUT2D eigenvalue weighted by Crippen LogP contribution is 2.47. The summed E-state index contributed by atoms with van der Waals surface area (Å²) in [7, 11) is 1.66. The van der Waals surface area contributed by atoms with Crippen molar-refractivity contribution >= 4 is 5.76 Å². The van der Waals surface area contributed by atoms with Gasteiger partial charge in [0.25, 0.3) is 0 Å². The van der Waals surface area contributed by atoms with E-state index in [1.165, 1.54) is 24.0 Å². The predicted molar refractivity (Wildman–Crippen MR) is 103 cm³/mol. The van der Waals surface area contributed by atoms with Crippen LogP contribution in [-0.4, -0.2) is 12.2 Å². The summed E-state index contributed by atoms with van der Waals surface area (Å²) in [6.07, 6.45) is 10.2. The van der Waals surface area contributed by atoms with Crippen LogP contribution < -0.4 is 4.74 Å². The van der Waals surface area contributed by atoms with Gasteiger partial charge in [-0.15, -0.1) is 13.2 Å². The van der Waals surface area contributed by atoms with Crippen molar-refractivity contribution in [2.75, 3.05) is 7.11 Å². The third kappa shape index (κ3) is 3.75. The molecule has 1 N–H and O–H groups in total. The lowest BCUT2D eigenvalue weighted by atomic mass is 9.70. The molecule has 2 atom stereocenters. The maximum absolute atomic E-state index is 11.0. The van der Waals surface area contributed by atoms with Crippen molar-refractivity contribution < 1.29 is 9.84 Å². The van der Waals surface area contributed by atoms with E-state index < -0.39 is 0 Å². The average Bonchev–Trinajstić information content (AvgIpc) is 2.60. The van der Waals surface area contributed by atoms with Crippen LogP contribution in [-0.2, 0) is 0 Å². The fraction of sp³-hybridized carbons (Fsp3) is 0.455. The molecule has 0 fully saturated rings. The number of aliphatic hydroxyl groups is 1. The van der Waals surface area contributed by atoms with Gasteiger partial charge >= 0.3 is 0 Å². The lowest BCUT2D eigenvalue weighted by molar-refractivity contribution is 0.405. The molecule has 0 saturated carbocycles. The van der Waals surface area contributed by atoms with E-state index in [9.17, 15) is 5.11 Å². The summed E-state index contributed by atoms with van der Waals surface area (Å²) in [6, 6.07) is 6.04. The quantitative estimate of drug-likeness (QED) is 0.419. The highest BCUT2D eigenvalue weighted by Gasteiger charge is 2.34. The van der Waals surface area contributed by atoms with E-state index in [4.69, 9.17) is 4.74 Å². The van der Waals surface area contributed by atoms with Crippen LogP contribution in [0, 0.1) is 5.92 Å². The summed E-state index contributed by atoms with van der Waals surface area (Å²) in [5.41, 5.74) is 3.29. The number of ether oxygens (including phenoxy) is 1. The number of methoxy groups -OCH3 is 1. The van der Waals surface area contributed by atoms with Gasteiger partial charge in [0.2, 0.25) is 0 Å². The summed E-state index contributed by atoms with van der Waals surface area (Å²) in [5, 5.41) is 11.0. The van der Waals surface area contributed by atoms with Gasteiger partial charge in [-0.2, -0.15) is 0 Å². The van der Waals surface area contributed by atoms with E-state index in [0.29, 0.717) is 17.6 Å². The summed E-state index contributed by atoms with van der Waals surface area (Å²) in [6.45, 7) is 10.1. The Labute approximate surface area is 146 Å². The second kappa shape index (κ2) is 8.77. The molecule has 0 aromatic heterocycles. The van der Waals surface area contributed by atoms with Crippen molar-refractivity contribution in [2.24, 2.45) is 5.92 Å². The number of rotatable bonds is 9. The van der Waals surface area contributed by atoms with Crippen molar-refractivity contribution in [2.45, 2.75) is 51.4 Å². The molecule has 0 heterocycles. The zero-order chi connectivity index (χ0) is 17.5. The summed E-state index contributed by atoms with van der Waals surface area (Å²) >= 11 is 0. The van der Waals surface area contributed by atoms with Gasteiger partial charge in [0.1, 0.15) is 11.5 Å². The standard InChI is InChI=1S/C22H30O2/c1-5-8-9-12-20-18(11-7-3)17(10-6-2)19-14-13-16(24-4)15-21(19)22(20)23/h6-7,13-15,17-18,23H,2-3,5,8-12H2,1,4H3. The van der Waals surface area contributed by atoms with Crippen molar-refractivity contribution in [3.8, 4) is 5.75 Å². The molecule has 0 radical (unpaired) electrons. The number of fused-ring (bicyclic) bond motifs is 1. The topological polar surface area (TPSA) is 29.5 Å². The Kier molecular flexibility index (Phi) is 6.72. The van der Waals surface area contributed by atoms with Crippen molar-refractivity contribution in [1.82, 2.24) is 0 Å². The minimum absolute atomic E-state index is 0.304. The van der Waals surface area contributed by atoms with Gasteiger partial charge in [-0.3, -0.25) is 0 Å². The van der Waals surface area contributed by atoms with Gasteiger partial charge in [0.15, 0.2) is 0 Å². The molecule has 1 aliphatic carbocycles. The van der Waals surface area contributed by atoms with Gasteiger partial charge in [-0.05, 0) is 60.8 Å². The van der Waals surface area contributed by atoms with E-state index in [0.717, 1.165) is 37.0 Å². The van der Waals surface area contributed by atoms with Crippen LogP contribution in [0.25, 0.3) is 5.76 Å². The second-order valence-corrected chi connectivity index (χ2v) is 6.55. The van der Waals surface area contributed by atoms with Crippen LogP contribution in [0.5, 0.6) is 5.75 Å². The van der Waals surface area contributed by atoms with Crippen molar-refractivity contribution in [3.63, 3.8) is 0 Å². The van der Waals surface area contributed by atoms with Crippen molar-refractivity contribution in [1.29, 1.82) is 0 Å². The van der Waals surface area contributed by atoms with Gasteiger partial charge in [-0.25, -0.2) is 0 Å². The average molecular weight is 326 g/mol. The minimum atomic E-state index is 0.304. The molecule has 2 unspecified atom stereocenters. The largest absolute Gasteiger partial charge is 0.507 e. The molecule has 2 heteroatoms. The number of benzene rings is 1. The normalized spacial score (nSPS) is 19.8. The van der Waals surface area contributed by atoms with Crippen LogP contribution in [0.2, 0.25) is 0 Å². The first-order chi connectivity index (χ1) is 11.7. The van der Waals surface area contributed by atoms with E-state index in [2.05, 4.69) is 26.1 Å². The predicted octanol–water partition coefficient (Wildman–Crippen LogP) is 6.41. The molecule has 2 nitrogen and oxygen atoms in total. The molecule has 130 valence electrons. The fourth-order valence-corrected chi connectivity index (χ4v) is 3.83. The highest BCUT2D eigenvalue weighted by atomic mass is 16.5. The van der Waals surface area contributed by atoms with Crippen LogP contribution in [0.1, 0.15) is 62.5 Å². The Balaban J connectivity index is 2.52. The zero-order valence-electron chi connectivity index (χ0n) is 15.1. The molecule has 0 saturated heterocycles. The van der Waals surface area contributed by atoms with E-state index in [1.54, 1.807) is 7.11 Å². The van der Waals surface area contributed by atoms with Gasteiger partial charge in [0, 0.05) is 5.56 Å². The molecule has 2 rings (SSSR count). The first-order valence-electron chi connectivity index (χ1n) is 8.99. The number of hydrogen-bond acceptors (Lipinski definition) is 2. The molecule has 24 heavy (non-hydrogen) atoms. The minimum Gasteiger partial charge on any atom is -0.507 e. The second-order valence-electron chi connectivity index (χ2n) is 6.55. The Morgan fingerprint density at radius 2 is 1.83 bits per heavy atom. The fourth-order valence-electron chi connectivity index (χ4n) is 3.83. The monoisotopic (exact) mass is 326 g/mol. The Hall–Kier alpha value is -1.96. The smallest absolute Gasteiger partial charge is 0.122 e. The molecule has 0 bridgehead atoms. The third-order valence-electron chi connectivity index (χ3n) is 5.04. The van der Waals surface area contributed by atoms with E-state index in [-0.39, 0.29) is 0 Å². The molecule has 1 aromatic carbocycles. The highest BCUT2D eigenvalue weighted by molar-refractivity contribution is 5.70. The summed E-state index contributed by atoms with van der Waals surface area (Å²) in [4.78, 5) is 0. The van der Waals surface area contributed by atoms with Crippen LogP contribution in [0.4, 0.5) is 0 Å². The van der Waals surface area contributed by atoms with Crippen LogP contribution >= 0.6 is 0 Å². The number of unbranched alkanes of at least 4 members (excludes halogenated alkanes) is 2. The lowest BCUT2D eigenvalue weighted by Crippen LogP contribution is -2.22. The number of hydrogen-bond donors (Lipinski definition) is 1. The van der Waals surface area contributed by atoms with Gasteiger partial charge in [-0.1, -0.05) is 38.0 Å². The van der Waals surface area contributed by atoms with Gasteiger partial charge in [0.05, 0.1) is 7.11 Å². The molecule has 0 aliphatic heterocycles. The Bertz CT molecular complexity index is 612. The maximum Gasteiger partial charge on any atom is 0.122 e. The van der Waals surface area contributed by atoms with Crippen LogP contribution in [0.3, 0.4) is 0 Å². The molecule has 1 aromatic rings. The van der Waals surface area contributed by atoms with E-state index in [1.807, 2.05) is 24.3 Å². The molecule has 1 aliphatic rings. The molecular formula is C22H30O2. The van der Waals surface area contributed by atoms with Crippen LogP contribution in [0.15, 0.2) is 49.1 Å². The Morgan fingerprint density at radius 3 is 2.46 bits per heavy atom. The van der Waals surface area contributed by atoms with E-state index >= 15 is 0 Å². The zero-order valence-corrected chi connectivity index (χ0v) is 15.1. The number of allylic oxidation sites excluding steroid dienone is 3. The summed E-state index contributed by atoms with van der Waals surface area (Å²) in [5.74, 6) is 1.88. The number of aliphatic hydroxyl groups excluding tert-OH is 1. The SMILES string of the molecule is C=CCC1C(CCCCC)=C(O)c2cc(OC)ccc2C1CC=C. The first-order valence-corrected chi connectivity index (χ1v) is 8.99. The lowest BCUT2D eigenvalue weighted by Gasteiger charge is -2.35. The molecular weight excluding hydrogens is 296 g/mol. The van der Waals surface area contributed by atoms with Crippen molar-refractivity contribution in [3.05, 3.63) is 60.2 Å². The first kappa shape index (κ1) is 18.4. The summed E-state index contributed by atoms with van der Waals surface area (Å²) < 4.78 is 5.36. The molecule has 0 amide bonds.